The van der Waals surface area contributed by atoms with Gasteiger partial charge in [-0.25, -0.2) is 13.1 Å². The second-order valence-corrected chi connectivity index (χ2v) is 10.1. The molecule has 2 bridgehead atoms. The highest BCUT2D eigenvalue weighted by molar-refractivity contribution is 7.89. The number of hydrogen-bond donors (Lipinski definition) is 1. The van der Waals surface area contributed by atoms with Gasteiger partial charge in [0.25, 0.3) is 0 Å². The molecular weight excluding hydrogens is 384 g/mol. The van der Waals surface area contributed by atoms with Gasteiger partial charge in [0.1, 0.15) is 5.60 Å². The highest BCUT2D eigenvalue weighted by Crippen LogP contribution is 2.53. The van der Waals surface area contributed by atoms with Crippen LogP contribution in [0.4, 0.5) is 0 Å². The first-order valence-corrected chi connectivity index (χ1v) is 11.8. The van der Waals surface area contributed by atoms with Gasteiger partial charge in [-0.15, -0.1) is 0 Å². The maximum Gasteiger partial charge on any atom is 0.240 e. The number of fused-ring (bicyclic) bond motifs is 2. The summed E-state index contributed by atoms with van der Waals surface area (Å²) >= 11 is 0. The van der Waals surface area contributed by atoms with Gasteiger partial charge >= 0.3 is 0 Å². The molecule has 4 rings (SSSR count). The van der Waals surface area contributed by atoms with Crippen LogP contribution in [0.25, 0.3) is 0 Å². The molecule has 0 aromatic heterocycles. The van der Waals surface area contributed by atoms with Gasteiger partial charge in [-0.3, -0.25) is 0 Å². The van der Waals surface area contributed by atoms with Crippen molar-refractivity contribution in [3.63, 3.8) is 0 Å². The molecule has 1 heterocycles. The van der Waals surface area contributed by atoms with Gasteiger partial charge in [0, 0.05) is 38.6 Å². The highest BCUT2D eigenvalue weighted by Gasteiger charge is 2.55. The average Bonchev–Trinajstić information content (AvgIpc) is 2.95. The number of piperidine rings is 1. The summed E-state index contributed by atoms with van der Waals surface area (Å²) in [5.74, 6) is 0.740. The number of nitrogens with zero attached hydrogens (tertiary/aromatic N) is 1. The molecule has 0 spiro atoms. The topological polar surface area (TPSA) is 58.6 Å². The lowest BCUT2D eigenvalue weighted by Gasteiger charge is -2.47. The van der Waals surface area contributed by atoms with Crippen LogP contribution in [-0.2, 0) is 26.8 Å². The smallest absolute Gasteiger partial charge is 0.240 e. The maximum atomic E-state index is 12.3. The Morgan fingerprint density at radius 1 is 1.07 bits per heavy atom. The monoisotopic (exact) mass is 414 g/mol. The lowest BCUT2D eigenvalue weighted by atomic mass is 9.75. The molecule has 1 aliphatic carbocycles. The van der Waals surface area contributed by atoms with Crippen LogP contribution in [0.2, 0.25) is 0 Å². The Hall–Kier alpha value is -1.73. The van der Waals surface area contributed by atoms with E-state index in [1.165, 1.54) is 12.6 Å². The Balaban J connectivity index is 1.56. The molecule has 0 amide bonds. The predicted molar refractivity (Wildman–Crippen MR) is 114 cm³/mol. The molecule has 0 radical (unpaired) electrons. The number of nitrogens with one attached hydrogen (secondary N) is 1. The molecule has 2 aromatic rings. The van der Waals surface area contributed by atoms with E-state index in [-0.39, 0.29) is 0 Å². The van der Waals surface area contributed by atoms with Crippen molar-refractivity contribution in [3.8, 4) is 0 Å². The summed E-state index contributed by atoms with van der Waals surface area (Å²) in [5.41, 5.74) is 1.96. The van der Waals surface area contributed by atoms with Gasteiger partial charge in [-0.2, -0.15) is 0 Å². The van der Waals surface area contributed by atoms with Gasteiger partial charge in [0.2, 0.25) is 10.0 Å². The molecule has 2 aromatic carbocycles. The second kappa shape index (κ2) is 8.19. The highest BCUT2D eigenvalue weighted by atomic mass is 32.2. The van der Waals surface area contributed by atoms with E-state index < -0.39 is 15.6 Å². The molecule has 2 fully saturated rings. The van der Waals surface area contributed by atoms with E-state index in [1.54, 1.807) is 19.2 Å². The third-order valence-corrected chi connectivity index (χ3v) is 8.21. The Bertz CT molecular complexity index is 932. The Kier molecular flexibility index (Phi) is 5.80. The molecule has 2 atom stereocenters. The molecule has 6 heteroatoms. The number of methoxy groups -OCH3 is 1. The lowest BCUT2D eigenvalue weighted by molar-refractivity contribution is -0.118. The normalized spacial score (nSPS) is 27.2. The maximum absolute atomic E-state index is 12.3. The van der Waals surface area contributed by atoms with Crippen molar-refractivity contribution in [2.75, 3.05) is 33.8 Å². The molecule has 1 aliphatic heterocycles. The van der Waals surface area contributed by atoms with E-state index in [9.17, 15) is 8.42 Å². The van der Waals surface area contributed by atoms with E-state index >= 15 is 0 Å². The summed E-state index contributed by atoms with van der Waals surface area (Å²) in [5, 5.41) is 0. The average molecular weight is 415 g/mol. The molecule has 2 aliphatic rings. The van der Waals surface area contributed by atoms with Crippen LogP contribution in [0, 0.1) is 11.8 Å². The van der Waals surface area contributed by atoms with Crippen LogP contribution < -0.4 is 4.72 Å². The van der Waals surface area contributed by atoms with Gasteiger partial charge in [0.05, 0.1) is 4.90 Å². The Labute approximate surface area is 174 Å². The van der Waals surface area contributed by atoms with Crippen molar-refractivity contribution < 1.29 is 13.2 Å². The number of benzene rings is 2. The summed E-state index contributed by atoms with van der Waals surface area (Å²) in [6.45, 7) is 3.02. The molecule has 29 heavy (non-hydrogen) atoms. The van der Waals surface area contributed by atoms with Crippen LogP contribution in [0.5, 0.6) is 0 Å². The third kappa shape index (κ3) is 3.75. The zero-order valence-electron chi connectivity index (χ0n) is 17.2. The number of hydrogen-bond acceptors (Lipinski definition) is 4. The summed E-state index contributed by atoms with van der Waals surface area (Å²) in [4.78, 5) is 2.86. The van der Waals surface area contributed by atoms with Crippen LogP contribution in [0.15, 0.2) is 59.5 Å². The summed E-state index contributed by atoms with van der Waals surface area (Å²) < 4.78 is 33.3. The van der Waals surface area contributed by atoms with Crippen molar-refractivity contribution in [2.45, 2.75) is 29.8 Å². The SMILES string of the molecule is CNS(=O)(=O)c1cccc(C2(OC)C3CCC2CN(CCc2ccccc2)C3)c1. The minimum Gasteiger partial charge on any atom is -0.373 e. The van der Waals surface area contributed by atoms with Crippen LogP contribution in [-0.4, -0.2) is 47.1 Å². The predicted octanol–water partition coefficient (Wildman–Crippen LogP) is 3.02. The van der Waals surface area contributed by atoms with Gasteiger partial charge < -0.3 is 9.64 Å². The second-order valence-electron chi connectivity index (χ2n) is 8.20. The van der Waals surface area contributed by atoms with Gasteiger partial charge in [0.15, 0.2) is 0 Å². The van der Waals surface area contributed by atoms with E-state index in [0.717, 1.165) is 44.5 Å². The van der Waals surface area contributed by atoms with Gasteiger partial charge in [-0.05, 0) is 49.6 Å². The fraction of sp³-hybridized carbons (Fsp3) is 0.478. The molecule has 156 valence electrons. The molecule has 5 nitrogen and oxygen atoms in total. The lowest BCUT2D eigenvalue weighted by Crippen LogP contribution is -2.53. The molecular formula is C23H30N2O3S. The van der Waals surface area contributed by atoms with Crippen molar-refractivity contribution in [3.05, 3.63) is 65.7 Å². The molecule has 1 saturated carbocycles. The van der Waals surface area contributed by atoms with Crippen molar-refractivity contribution in [2.24, 2.45) is 11.8 Å². The first-order valence-electron chi connectivity index (χ1n) is 10.3. The standard InChI is InChI=1S/C23H30N2O3S/c1-24-29(26,27)22-10-6-9-19(15-22)23(28-2)20-11-12-21(23)17-25(16-20)14-13-18-7-4-3-5-8-18/h3-10,15,20-21,24H,11-14,16-17H2,1-2H3. The van der Waals surface area contributed by atoms with Crippen LogP contribution in [0.3, 0.4) is 0 Å². The fourth-order valence-electron chi connectivity index (χ4n) is 5.38. The largest absolute Gasteiger partial charge is 0.373 e. The third-order valence-electron chi connectivity index (χ3n) is 6.80. The van der Waals surface area contributed by atoms with Crippen molar-refractivity contribution >= 4 is 10.0 Å². The summed E-state index contributed by atoms with van der Waals surface area (Å²) in [6.07, 6.45) is 3.28. The number of likely N-dealkylation sites (tertiary alicyclic amines) is 1. The van der Waals surface area contributed by atoms with E-state index in [1.807, 2.05) is 12.1 Å². The first-order chi connectivity index (χ1) is 14.0. The minimum atomic E-state index is -3.47. The van der Waals surface area contributed by atoms with Gasteiger partial charge in [-0.1, -0.05) is 42.5 Å². The summed E-state index contributed by atoms with van der Waals surface area (Å²) in [6, 6.07) is 17.9. The van der Waals surface area contributed by atoms with Crippen molar-refractivity contribution in [1.29, 1.82) is 0 Å². The van der Waals surface area contributed by atoms with Crippen LogP contribution in [0.1, 0.15) is 24.0 Å². The fourth-order valence-corrected chi connectivity index (χ4v) is 6.15. The molecule has 1 N–H and O–H groups in total. The number of ether oxygens (including phenoxy) is 1. The Morgan fingerprint density at radius 3 is 2.38 bits per heavy atom. The minimum absolute atomic E-state index is 0.305. The first kappa shape index (κ1) is 20.5. The van der Waals surface area contributed by atoms with Crippen molar-refractivity contribution in [1.82, 2.24) is 9.62 Å². The quantitative estimate of drug-likeness (QED) is 0.757. The van der Waals surface area contributed by atoms with E-state index in [0.29, 0.717) is 16.7 Å². The van der Waals surface area contributed by atoms with Crippen LogP contribution >= 0.6 is 0 Å². The molecule has 2 unspecified atom stereocenters. The number of sulfonamides is 1. The zero-order chi connectivity index (χ0) is 20.5. The molecule has 1 saturated heterocycles. The zero-order valence-corrected chi connectivity index (χ0v) is 18.0. The number of rotatable bonds is 7. The summed E-state index contributed by atoms with van der Waals surface area (Å²) in [7, 11) is -0.246. The Morgan fingerprint density at radius 2 is 1.76 bits per heavy atom. The van der Waals surface area contributed by atoms with E-state index in [4.69, 9.17) is 4.74 Å². The van der Waals surface area contributed by atoms with E-state index in [2.05, 4.69) is 40.0 Å².